The van der Waals surface area contributed by atoms with Gasteiger partial charge in [0.1, 0.15) is 11.5 Å². The molecule has 0 aromatic carbocycles. The van der Waals surface area contributed by atoms with Gasteiger partial charge < -0.3 is 20.3 Å². The Morgan fingerprint density at radius 3 is 2.73 bits per heavy atom. The Balaban J connectivity index is 1.12. The fourth-order valence-electron chi connectivity index (χ4n) is 5.34. The molecule has 3 N–H and O–H groups in total. The minimum absolute atomic E-state index is 0.0446. The third-order valence-corrected chi connectivity index (χ3v) is 8.76. The molecule has 12 nitrogen and oxygen atoms in total. The molecule has 1 unspecified atom stereocenters. The molecule has 13 heteroatoms. The number of piperazine rings is 1. The van der Waals surface area contributed by atoms with Crippen molar-refractivity contribution >= 4 is 46.7 Å². The Labute approximate surface area is 234 Å². The molecule has 3 aliphatic heterocycles. The molecule has 3 aromatic rings. The molecule has 0 bridgehead atoms. The summed E-state index contributed by atoms with van der Waals surface area (Å²) in [5.74, 6) is 0.338. The number of aromatic nitrogens is 3. The van der Waals surface area contributed by atoms with Crippen molar-refractivity contribution in [3.8, 4) is 10.6 Å². The van der Waals surface area contributed by atoms with E-state index in [9.17, 15) is 14.4 Å². The molecule has 3 saturated heterocycles. The van der Waals surface area contributed by atoms with E-state index in [-0.39, 0.29) is 11.6 Å². The van der Waals surface area contributed by atoms with Crippen molar-refractivity contribution in [2.75, 3.05) is 44.6 Å². The molecule has 4 fully saturated rings. The lowest BCUT2D eigenvalue weighted by Crippen LogP contribution is -2.50. The van der Waals surface area contributed by atoms with Crippen LogP contribution in [0.15, 0.2) is 30.1 Å². The lowest BCUT2D eigenvalue weighted by Gasteiger charge is -2.35. The van der Waals surface area contributed by atoms with E-state index >= 15 is 0 Å². The molecule has 0 spiro atoms. The predicted molar refractivity (Wildman–Crippen MR) is 149 cm³/mol. The highest BCUT2D eigenvalue weighted by molar-refractivity contribution is 7.17. The number of imide groups is 1. The number of hydrogen-bond donors (Lipinski definition) is 3. The lowest BCUT2D eigenvalue weighted by molar-refractivity contribution is -0.115. The smallest absolute Gasteiger partial charge is 0.326 e. The standard InChI is InChI=1S/C27H30N8O4S/c36-25-20(31-27(38)32-25)12-16-14-28-35-23(29-17-3-4-17)13-19(30-24(16)35)21-5-6-22(40-21)26(37)34-9-7-33(8-10-34)15-18-2-1-11-39-18/h5-6,12-14,17-18,29H,1-4,7-11,15H2,(H2,31,32,36,38)/b20-12-. The highest BCUT2D eigenvalue weighted by Crippen LogP contribution is 2.33. The molecule has 4 aliphatic rings. The largest absolute Gasteiger partial charge is 0.377 e. The fraction of sp³-hybridized carbons (Fsp3) is 0.444. The number of ether oxygens (including phenoxy) is 1. The third-order valence-electron chi connectivity index (χ3n) is 7.66. The molecule has 7 rings (SSSR count). The fourth-order valence-corrected chi connectivity index (χ4v) is 6.28. The second kappa shape index (κ2) is 10.3. The number of carbonyl (C=O) groups is 3. The zero-order valence-corrected chi connectivity index (χ0v) is 22.7. The van der Waals surface area contributed by atoms with E-state index in [4.69, 9.17) is 9.72 Å². The molecule has 4 amide bonds. The van der Waals surface area contributed by atoms with Crippen LogP contribution >= 0.6 is 11.3 Å². The van der Waals surface area contributed by atoms with Crippen LogP contribution in [0.3, 0.4) is 0 Å². The van der Waals surface area contributed by atoms with Crippen LogP contribution in [0.4, 0.5) is 10.6 Å². The van der Waals surface area contributed by atoms with Crippen LogP contribution in [-0.4, -0.2) is 93.7 Å². The van der Waals surface area contributed by atoms with Gasteiger partial charge in [0.15, 0.2) is 5.65 Å². The summed E-state index contributed by atoms with van der Waals surface area (Å²) >= 11 is 1.43. The molecule has 40 heavy (non-hydrogen) atoms. The van der Waals surface area contributed by atoms with Crippen molar-refractivity contribution in [1.29, 1.82) is 0 Å². The number of nitrogens with zero attached hydrogens (tertiary/aromatic N) is 5. The van der Waals surface area contributed by atoms with Crippen LogP contribution in [0.2, 0.25) is 0 Å². The van der Waals surface area contributed by atoms with E-state index in [0.717, 1.165) is 62.6 Å². The summed E-state index contributed by atoms with van der Waals surface area (Å²) in [6.07, 6.45) is 7.95. The zero-order valence-electron chi connectivity index (χ0n) is 21.9. The Kier molecular flexibility index (Phi) is 6.48. The van der Waals surface area contributed by atoms with E-state index in [1.54, 1.807) is 16.8 Å². The summed E-state index contributed by atoms with van der Waals surface area (Å²) in [6.45, 7) is 4.93. The first-order valence-corrected chi connectivity index (χ1v) is 14.5. The normalized spacial score (nSPS) is 22.8. The van der Waals surface area contributed by atoms with Gasteiger partial charge in [-0.3, -0.25) is 19.8 Å². The van der Waals surface area contributed by atoms with Crippen LogP contribution in [-0.2, 0) is 9.53 Å². The molecule has 0 radical (unpaired) electrons. The molecule has 1 atom stereocenters. The van der Waals surface area contributed by atoms with Gasteiger partial charge in [0, 0.05) is 57.0 Å². The monoisotopic (exact) mass is 562 g/mol. The number of urea groups is 1. The van der Waals surface area contributed by atoms with Gasteiger partial charge in [-0.05, 0) is 43.9 Å². The maximum Gasteiger partial charge on any atom is 0.326 e. The van der Waals surface area contributed by atoms with E-state index in [0.29, 0.717) is 47.0 Å². The Morgan fingerprint density at radius 1 is 1.15 bits per heavy atom. The summed E-state index contributed by atoms with van der Waals surface area (Å²) in [4.78, 5) is 47.7. The quantitative estimate of drug-likeness (QED) is 0.295. The van der Waals surface area contributed by atoms with Crippen molar-refractivity contribution in [3.63, 3.8) is 0 Å². The minimum Gasteiger partial charge on any atom is -0.377 e. The van der Waals surface area contributed by atoms with Crippen molar-refractivity contribution in [3.05, 3.63) is 40.5 Å². The predicted octanol–water partition coefficient (Wildman–Crippen LogP) is 2.15. The number of fused-ring (bicyclic) bond motifs is 1. The van der Waals surface area contributed by atoms with Crippen LogP contribution < -0.4 is 16.0 Å². The lowest BCUT2D eigenvalue weighted by atomic mass is 10.2. The van der Waals surface area contributed by atoms with E-state index in [1.807, 2.05) is 23.1 Å². The number of carbonyl (C=O) groups excluding carboxylic acids is 3. The first-order valence-electron chi connectivity index (χ1n) is 13.7. The second-order valence-corrected chi connectivity index (χ2v) is 11.7. The summed E-state index contributed by atoms with van der Waals surface area (Å²) in [7, 11) is 0. The van der Waals surface area contributed by atoms with Crippen LogP contribution in [0, 0.1) is 0 Å². The Bertz CT molecular complexity index is 1510. The van der Waals surface area contributed by atoms with Gasteiger partial charge in [-0.1, -0.05) is 0 Å². The van der Waals surface area contributed by atoms with Gasteiger partial charge in [0.25, 0.3) is 11.8 Å². The summed E-state index contributed by atoms with van der Waals surface area (Å²) in [5.41, 5.74) is 2.00. The van der Waals surface area contributed by atoms with E-state index in [2.05, 4.69) is 25.9 Å². The van der Waals surface area contributed by atoms with Crippen molar-refractivity contribution in [2.24, 2.45) is 0 Å². The molecule has 208 valence electrons. The first kappa shape index (κ1) is 25.2. The molecule has 1 aliphatic carbocycles. The number of rotatable bonds is 7. The highest BCUT2D eigenvalue weighted by Gasteiger charge is 2.28. The number of anilines is 1. The number of thiophene rings is 1. The number of hydrogen-bond acceptors (Lipinski definition) is 9. The Hall–Kier alpha value is -3.81. The average molecular weight is 563 g/mol. The Morgan fingerprint density at radius 2 is 2.00 bits per heavy atom. The zero-order chi connectivity index (χ0) is 27.2. The molecular formula is C27H30N8O4S. The SMILES string of the molecule is O=C1NC(=O)/C(=C/c2cnn3c(NC4CC4)cc(-c4ccc(C(=O)N5CCN(CC6CCCO6)CC5)s4)nc23)N1. The van der Waals surface area contributed by atoms with Gasteiger partial charge in [-0.15, -0.1) is 11.3 Å². The van der Waals surface area contributed by atoms with Gasteiger partial charge in [-0.25, -0.2) is 9.78 Å². The van der Waals surface area contributed by atoms with Crippen molar-refractivity contribution < 1.29 is 19.1 Å². The average Bonchev–Trinajstić information content (AvgIpc) is 3.34. The molecule has 1 saturated carbocycles. The third kappa shape index (κ3) is 5.07. The van der Waals surface area contributed by atoms with Crippen molar-refractivity contribution in [1.82, 2.24) is 35.0 Å². The minimum atomic E-state index is -0.558. The molecule has 3 aromatic heterocycles. The number of amides is 4. The van der Waals surface area contributed by atoms with Crippen molar-refractivity contribution in [2.45, 2.75) is 37.8 Å². The van der Waals surface area contributed by atoms with Crippen LogP contribution in [0.25, 0.3) is 22.3 Å². The van der Waals surface area contributed by atoms with Gasteiger partial charge in [0.2, 0.25) is 0 Å². The maximum atomic E-state index is 13.4. The topological polar surface area (TPSA) is 133 Å². The van der Waals surface area contributed by atoms with Gasteiger partial charge >= 0.3 is 6.03 Å². The molecule has 6 heterocycles. The van der Waals surface area contributed by atoms with Gasteiger partial charge in [-0.2, -0.15) is 9.61 Å². The first-order chi connectivity index (χ1) is 19.5. The van der Waals surface area contributed by atoms with E-state index < -0.39 is 11.9 Å². The maximum absolute atomic E-state index is 13.4. The molecular weight excluding hydrogens is 532 g/mol. The summed E-state index contributed by atoms with van der Waals surface area (Å²) < 4.78 is 7.48. The van der Waals surface area contributed by atoms with E-state index in [1.165, 1.54) is 11.3 Å². The highest BCUT2D eigenvalue weighted by atomic mass is 32.1. The van der Waals surface area contributed by atoms with Gasteiger partial charge in [0.05, 0.1) is 27.7 Å². The van der Waals surface area contributed by atoms with Crippen LogP contribution in [0.5, 0.6) is 0 Å². The second-order valence-electron chi connectivity index (χ2n) is 10.6. The summed E-state index contributed by atoms with van der Waals surface area (Å²) in [6, 6.07) is 5.58. The summed E-state index contributed by atoms with van der Waals surface area (Å²) in [5, 5.41) is 12.7. The van der Waals surface area contributed by atoms with Crippen LogP contribution in [0.1, 0.15) is 40.9 Å². The number of nitrogens with one attached hydrogen (secondary N) is 3.